The number of hydrogen-bond acceptors (Lipinski definition) is 2. The highest BCUT2D eigenvalue weighted by Gasteiger charge is 2.20. The topological polar surface area (TPSA) is 35.6 Å². The van der Waals surface area contributed by atoms with Crippen molar-refractivity contribution in [1.29, 1.82) is 0 Å². The van der Waals surface area contributed by atoms with Gasteiger partial charge in [-0.2, -0.15) is 0 Å². The Morgan fingerprint density at radius 2 is 1.64 bits per heavy atom. The Bertz CT molecular complexity index is 698. The number of halogens is 2. The quantitative estimate of drug-likeness (QED) is 0.897. The molecule has 25 heavy (non-hydrogen) atoms. The predicted molar refractivity (Wildman–Crippen MR) is 98.6 cm³/mol. The molecular weight excluding hydrogens is 341 g/mol. The van der Waals surface area contributed by atoms with Gasteiger partial charge in [0.15, 0.2) is 0 Å². The number of benzene rings is 2. The van der Waals surface area contributed by atoms with E-state index in [-0.39, 0.29) is 11.8 Å². The van der Waals surface area contributed by atoms with Crippen LogP contribution in [0.25, 0.3) is 0 Å². The molecule has 0 aliphatic carbocycles. The fourth-order valence-electron chi connectivity index (χ4n) is 2.85. The summed E-state index contributed by atoms with van der Waals surface area (Å²) < 4.78 is 12.9. The molecule has 1 N–H and O–H groups in total. The average Bonchev–Trinajstić information content (AvgIpc) is 2.63. The Labute approximate surface area is 152 Å². The van der Waals surface area contributed by atoms with Crippen LogP contribution in [0, 0.1) is 5.82 Å². The van der Waals surface area contributed by atoms with Gasteiger partial charge in [-0.25, -0.2) is 9.18 Å². The zero-order valence-electron chi connectivity index (χ0n) is 13.9. The maximum atomic E-state index is 12.9. The molecule has 0 radical (unpaired) electrons. The molecule has 4 nitrogen and oxygen atoms in total. The van der Waals surface area contributed by atoms with Crippen molar-refractivity contribution in [2.45, 2.75) is 6.42 Å². The molecule has 0 spiro atoms. The molecule has 1 aliphatic heterocycles. The average molecular weight is 362 g/mol. The van der Waals surface area contributed by atoms with E-state index in [1.54, 1.807) is 17.0 Å². The van der Waals surface area contributed by atoms with Gasteiger partial charge >= 0.3 is 6.03 Å². The normalized spacial score (nSPS) is 15.2. The maximum Gasteiger partial charge on any atom is 0.321 e. The van der Waals surface area contributed by atoms with Gasteiger partial charge in [0.05, 0.1) is 0 Å². The minimum atomic E-state index is -0.313. The number of nitrogens with one attached hydrogen (secondary N) is 1. The fourth-order valence-corrected chi connectivity index (χ4v) is 2.97. The Hall–Kier alpha value is -2.11. The molecule has 6 heteroatoms. The number of anilines is 1. The molecule has 2 aromatic rings. The van der Waals surface area contributed by atoms with Crippen molar-refractivity contribution in [2.24, 2.45) is 0 Å². The number of rotatable bonds is 4. The molecule has 2 amide bonds. The first-order valence-corrected chi connectivity index (χ1v) is 8.76. The van der Waals surface area contributed by atoms with Crippen molar-refractivity contribution in [2.75, 3.05) is 38.0 Å². The summed E-state index contributed by atoms with van der Waals surface area (Å²) in [7, 11) is 0. The molecule has 132 valence electrons. The van der Waals surface area contributed by atoms with Crippen LogP contribution < -0.4 is 5.32 Å². The maximum absolute atomic E-state index is 12.9. The largest absolute Gasteiger partial charge is 0.322 e. The van der Waals surface area contributed by atoms with E-state index in [0.29, 0.717) is 18.8 Å². The number of carbonyl (C=O) groups is 1. The number of urea groups is 1. The summed E-state index contributed by atoms with van der Waals surface area (Å²) in [6.45, 7) is 4.05. The van der Waals surface area contributed by atoms with Gasteiger partial charge in [0.1, 0.15) is 5.82 Å². The second-order valence-corrected chi connectivity index (χ2v) is 6.58. The van der Waals surface area contributed by atoms with Gasteiger partial charge in [-0.05, 0) is 48.4 Å². The molecular formula is C19H21ClFN3O. The van der Waals surface area contributed by atoms with Crippen LogP contribution in [0.1, 0.15) is 5.56 Å². The zero-order valence-corrected chi connectivity index (χ0v) is 14.7. The molecule has 2 aromatic carbocycles. The van der Waals surface area contributed by atoms with Crippen LogP contribution >= 0.6 is 11.6 Å². The van der Waals surface area contributed by atoms with Crippen LogP contribution in [-0.2, 0) is 6.42 Å². The van der Waals surface area contributed by atoms with Crippen molar-refractivity contribution in [3.8, 4) is 0 Å². The van der Waals surface area contributed by atoms with Crippen LogP contribution in [0.15, 0.2) is 48.5 Å². The predicted octanol–water partition coefficient (Wildman–Crippen LogP) is 3.87. The molecule has 0 unspecified atom stereocenters. The summed E-state index contributed by atoms with van der Waals surface area (Å²) in [5, 5.41) is 3.56. The van der Waals surface area contributed by atoms with Gasteiger partial charge in [0.25, 0.3) is 0 Å². The number of amides is 2. The van der Waals surface area contributed by atoms with Gasteiger partial charge in [-0.1, -0.05) is 23.7 Å². The zero-order chi connectivity index (χ0) is 17.6. The second-order valence-electron chi connectivity index (χ2n) is 6.14. The molecule has 0 saturated carbocycles. The standard InChI is InChI=1S/C19H21ClFN3O/c20-16-3-1-15(2-4-16)9-10-23-11-13-24(14-12-23)19(25)22-18-7-5-17(21)6-8-18/h1-8H,9-14H2,(H,22,25). The summed E-state index contributed by atoms with van der Waals surface area (Å²) in [4.78, 5) is 16.4. The van der Waals surface area contributed by atoms with Crippen molar-refractivity contribution < 1.29 is 9.18 Å². The number of hydrogen-bond donors (Lipinski definition) is 1. The lowest BCUT2D eigenvalue weighted by atomic mass is 10.1. The summed E-state index contributed by atoms with van der Waals surface area (Å²) in [6.07, 6.45) is 0.971. The molecule has 1 aliphatic rings. The highest BCUT2D eigenvalue weighted by atomic mass is 35.5. The van der Waals surface area contributed by atoms with Crippen molar-refractivity contribution in [1.82, 2.24) is 9.80 Å². The molecule has 3 rings (SSSR count). The molecule has 1 saturated heterocycles. The monoisotopic (exact) mass is 361 g/mol. The lowest BCUT2D eigenvalue weighted by Crippen LogP contribution is -2.50. The third kappa shape index (κ3) is 5.18. The van der Waals surface area contributed by atoms with E-state index in [9.17, 15) is 9.18 Å². The Balaban J connectivity index is 1.42. The van der Waals surface area contributed by atoms with E-state index in [4.69, 9.17) is 11.6 Å². The summed E-state index contributed by atoms with van der Waals surface area (Å²) >= 11 is 5.90. The van der Waals surface area contributed by atoms with E-state index in [1.807, 2.05) is 12.1 Å². The number of carbonyl (C=O) groups excluding carboxylic acids is 1. The summed E-state index contributed by atoms with van der Waals surface area (Å²) in [6, 6.07) is 13.6. The van der Waals surface area contributed by atoms with E-state index >= 15 is 0 Å². The van der Waals surface area contributed by atoms with Crippen LogP contribution in [0.4, 0.5) is 14.9 Å². The van der Waals surface area contributed by atoms with E-state index in [2.05, 4.69) is 22.3 Å². The second kappa shape index (κ2) is 8.32. The molecule has 0 atom stereocenters. The van der Waals surface area contributed by atoms with E-state index in [0.717, 1.165) is 31.1 Å². The van der Waals surface area contributed by atoms with Crippen molar-refractivity contribution in [3.63, 3.8) is 0 Å². The van der Waals surface area contributed by atoms with Crippen molar-refractivity contribution >= 4 is 23.3 Å². The van der Waals surface area contributed by atoms with Gasteiger partial charge in [0, 0.05) is 43.4 Å². The van der Waals surface area contributed by atoms with Gasteiger partial charge in [-0.3, -0.25) is 4.90 Å². The van der Waals surface area contributed by atoms with Crippen LogP contribution in [0.2, 0.25) is 5.02 Å². The lowest BCUT2D eigenvalue weighted by molar-refractivity contribution is 0.148. The minimum Gasteiger partial charge on any atom is -0.322 e. The molecule has 1 fully saturated rings. The van der Waals surface area contributed by atoms with Gasteiger partial charge in [0.2, 0.25) is 0 Å². The van der Waals surface area contributed by atoms with Gasteiger partial charge < -0.3 is 10.2 Å². The first-order chi connectivity index (χ1) is 12.1. The van der Waals surface area contributed by atoms with Gasteiger partial charge in [-0.15, -0.1) is 0 Å². The van der Waals surface area contributed by atoms with Crippen LogP contribution in [-0.4, -0.2) is 48.6 Å². The Morgan fingerprint density at radius 1 is 1.00 bits per heavy atom. The Kier molecular flexibility index (Phi) is 5.89. The Morgan fingerprint density at radius 3 is 2.28 bits per heavy atom. The highest BCUT2D eigenvalue weighted by molar-refractivity contribution is 6.30. The smallest absolute Gasteiger partial charge is 0.321 e. The van der Waals surface area contributed by atoms with Crippen molar-refractivity contribution in [3.05, 3.63) is 64.9 Å². The van der Waals surface area contributed by atoms with E-state index in [1.165, 1.54) is 17.7 Å². The van der Waals surface area contributed by atoms with Crippen LogP contribution in [0.3, 0.4) is 0 Å². The number of piperazine rings is 1. The molecule has 1 heterocycles. The van der Waals surface area contributed by atoms with Crippen LogP contribution in [0.5, 0.6) is 0 Å². The third-order valence-electron chi connectivity index (χ3n) is 4.38. The van der Waals surface area contributed by atoms with E-state index < -0.39 is 0 Å². The lowest BCUT2D eigenvalue weighted by Gasteiger charge is -2.34. The molecule has 0 bridgehead atoms. The molecule has 0 aromatic heterocycles. The third-order valence-corrected chi connectivity index (χ3v) is 4.64. The number of nitrogens with zero attached hydrogens (tertiary/aromatic N) is 2. The highest BCUT2D eigenvalue weighted by Crippen LogP contribution is 2.12. The first-order valence-electron chi connectivity index (χ1n) is 8.38. The minimum absolute atomic E-state index is 0.135. The summed E-state index contributed by atoms with van der Waals surface area (Å²) in [5.74, 6) is -0.313. The first kappa shape index (κ1) is 17.7. The summed E-state index contributed by atoms with van der Waals surface area (Å²) in [5.41, 5.74) is 1.87. The SMILES string of the molecule is O=C(Nc1ccc(F)cc1)N1CCN(CCc2ccc(Cl)cc2)CC1. The fraction of sp³-hybridized carbons (Fsp3) is 0.316.